The van der Waals surface area contributed by atoms with E-state index in [0.29, 0.717) is 5.75 Å². The fourth-order valence-corrected chi connectivity index (χ4v) is 2.51. The summed E-state index contributed by atoms with van der Waals surface area (Å²) >= 11 is 2.06. The number of thioether (sulfide) groups is 2. The number of carboxylic acid groups (broad SMARTS) is 1. The maximum absolute atomic E-state index is 11.6. The van der Waals surface area contributed by atoms with Gasteiger partial charge < -0.3 is 15.2 Å². The van der Waals surface area contributed by atoms with Crippen molar-refractivity contribution in [3.63, 3.8) is 0 Å². The molecule has 0 aromatic rings. The van der Waals surface area contributed by atoms with Gasteiger partial charge in [-0.3, -0.25) is 14.4 Å². The van der Waals surface area contributed by atoms with E-state index in [2.05, 4.69) is 5.32 Å². The van der Waals surface area contributed by atoms with E-state index in [9.17, 15) is 19.2 Å². The molecule has 1 unspecified atom stereocenters. The number of amides is 1. The van der Waals surface area contributed by atoms with Crippen molar-refractivity contribution in [2.45, 2.75) is 26.3 Å². The summed E-state index contributed by atoms with van der Waals surface area (Å²) < 4.78 is 4.70. The quantitative estimate of drug-likeness (QED) is 0.555. The van der Waals surface area contributed by atoms with Gasteiger partial charge in [-0.15, -0.1) is 11.8 Å². The number of hydrogen-bond donors (Lipinski definition) is 2. The molecule has 0 spiro atoms. The molecule has 9 heteroatoms. The van der Waals surface area contributed by atoms with Crippen molar-refractivity contribution in [3.8, 4) is 0 Å². The van der Waals surface area contributed by atoms with Crippen LogP contribution in [0, 0.1) is 0 Å². The van der Waals surface area contributed by atoms with E-state index in [1.54, 1.807) is 6.92 Å². The summed E-state index contributed by atoms with van der Waals surface area (Å²) in [5.41, 5.74) is 0. The molecule has 1 atom stereocenters. The van der Waals surface area contributed by atoms with Crippen molar-refractivity contribution in [2.24, 2.45) is 0 Å². The minimum absolute atomic E-state index is 0.0254. The number of rotatable bonds is 10. The monoisotopic (exact) mass is 337 g/mol. The smallest absolute Gasteiger partial charge is 0.326 e. The molecule has 0 bridgehead atoms. The highest BCUT2D eigenvalue weighted by Crippen LogP contribution is 2.07. The number of hydrogen-bond acceptors (Lipinski definition) is 7. The van der Waals surface area contributed by atoms with E-state index in [1.807, 2.05) is 0 Å². The molecule has 120 valence electrons. The molecular formula is C12H19NO6S2. The molecule has 21 heavy (non-hydrogen) atoms. The average molecular weight is 337 g/mol. The Hall–Kier alpha value is -1.22. The molecule has 1 amide bonds. The Bertz CT molecular complexity index is 388. The summed E-state index contributed by atoms with van der Waals surface area (Å²) in [6.07, 6.45) is 0.161. The molecule has 0 saturated carbocycles. The zero-order valence-corrected chi connectivity index (χ0v) is 13.6. The number of esters is 1. The van der Waals surface area contributed by atoms with Crippen molar-refractivity contribution in [3.05, 3.63) is 0 Å². The van der Waals surface area contributed by atoms with Crippen molar-refractivity contribution in [1.29, 1.82) is 0 Å². The van der Waals surface area contributed by atoms with Gasteiger partial charge in [-0.2, -0.15) is 0 Å². The molecule has 0 heterocycles. The molecular weight excluding hydrogens is 318 g/mol. The molecule has 0 radical (unpaired) electrons. The first-order valence-electron chi connectivity index (χ1n) is 6.25. The van der Waals surface area contributed by atoms with Crippen LogP contribution in [0.2, 0.25) is 0 Å². The van der Waals surface area contributed by atoms with Gasteiger partial charge in [0.1, 0.15) is 6.04 Å². The van der Waals surface area contributed by atoms with E-state index in [0.717, 1.165) is 23.5 Å². The number of carbonyl (C=O) groups is 4. The molecule has 0 aromatic carbocycles. The largest absolute Gasteiger partial charge is 0.480 e. The van der Waals surface area contributed by atoms with Gasteiger partial charge >= 0.3 is 11.9 Å². The van der Waals surface area contributed by atoms with E-state index in [-0.39, 0.29) is 29.6 Å². The molecule has 0 aromatic heterocycles. The maximum atomic E-state index is 11.6. The molecule has 0 aliphatic rings. The number of nitrogens with one attached hydrogen (secondary N) is 1. The van der Waals surface area contributed by atoms with Gasteiger partial charge in [0.15, 0.2) is 5.12 Å². The fraction of sp³-hybridized carbons (Fsp3) is 0.667. The topological polar surface area (TPSA) is 110 Å². The standard InChI is InChI=1S/C12H19NO6S2/c1-3-19-11(16)7-20-6-10(15)13-9(12(17)18)4-5-21-8(2)14/h9H,3-7H2,1-2H3,(H,13,15)(H,17,18). The molecule has 0 aliphatic carbocycles. The van der Waals surface area contributed by atoms with E-state index >= 15 is 0 Å². The van der Waals surface area contributed by atoms with E-state index in [4.69, 9.17) is 9.84 Å². The lowest BCUT2D eigenvalue weighted by molar-refractivity contribution is -0.141. The Kier molecular flexibility index (Phi) is 10.8. The summed E-state index contributed by atoms with van der Waals surface area (Å²) in [7, 11) is 0. The van der Waals surface area contributed by atoms with Crippen LogP contribution in [0.1, 0.15) is 20.3 Å². The first-order chi connectivity index (χ1) is 9.86. The lowest BCUT2D eigenvalue weighted by atomic mass is 10.2. The molecule has 0 saturated heterocycles. The van der Waals surface area contributed by atoms with Crippen LogP contribution in [0.5, 0.6) is 0 Å². The Balaban J connectivity index is 4.03. The highest BCUT2D eigenvalue weighted by molar-refractivity contribution is 8.13. The van der Waals surface area contributed by atoms with Gasteiger partial charge in [-0.05, 0) is 13.3 Å². The van der Waals surface area contributed by atoms with Gasteiger partial charge in [-0.1, -0.05) is 11.8 Å². The van der Waals surface area contributed by atoms with Crippen LogP contribution in [0.3, 0.4) is 0 Å². The predicted octanol–water partition coefficient (Wildman–Crippen LogP) is 0.522. The van der Waals surface area contributed by atoms with Gasteiger partial charge in [0, 0.05) is 12.7 Å². The zero-order chi connectivity index (χ0) is 16.3. The van der Waals surface area contributed by atoms with Crippen LogP contribution in [-0.2, 0) is 23.9 Å². The molecule has 0 rings (SSSR count). The van der Waals surface area contributed by atoms with Crippen LogP contribution in [0.4, 0.5) is 0 Å². The normalized spacial score (nSPS) is 11.5. The van der Waals surface area contributed by atoms with E-state index in [1.165, 1.54) is 6.92 Å². The number of aliphatic carboxylic acids is 1. The Morgan fingerprint density at radius 1 is 1.24 bits per heavy atom. The summed E-state index contributed by atoms with van der Waals surface area (Å²) in [5, 5.41) is 11.2. The minimum Gasteiger partial charge on any atom is -0.480 e. The van der Waals surface area contributed by atoms with Crippen LogP contribution in [-0.4, -0.2) is 58.0 Å². The van der Waals surface area contributed by atoms with Crippen LogP contribution < -0.4 is 5.32 Å². The lowest BCUT2D eigenvalue weighted by Gasteiger charge is -2.13. The number of carboxylic acids is 1. The fourth-order valence-electron chi connectivity index (χ4n) is 1.24. The second kappa shape index (κ2) is 11.4. The summed E-state index contributed by atoms with van der Waals surface area (Å²) in [6.45, 7) is 3.36. The number of ether oxygens (including phenoxy) is 1. The van der Waals surface area contributed by atoms with Gasteiger partial charge in [0.2, 0.25) is 5.91 Å². The summed E-state index contributed by atoms with van der Waals surface area (Å²) in [4.78, 5) is 44.4. The number of carbonyl (C=O) groups excluding carboxylic acids is 3. The van der Waals surface area contributed by atoms with Crippen LogP contribution in [0.15, 0.2) is 0 Å². The molecule has 0 aliphatic heterocycles. The summed E-state index contributed by atoms with van der Waals surface area (Å²) in [5.74, 6) is -1.69. The Morgan fingerprint density at radius 3 is 2.43 bits per heavy atom. The SMILES string of the molecule is CCOC(=O)CSCC(=O)NC(CCSC(C)=O)C(=O)O. The maximum Gasteiger partial charge on any atom is 0.326 e. The second-order valence-electron chi connectivity index (χ2n) is 3.88. The first-order valence-corrected chi connectivity index (χ1v) is 8.39. The highest BCUT2D eigenvalue weighted by Gasteiger charge is 2.20. The minimum atomic E-state index is -1.15. The predicted molar refractivity (Wildman–Crippen MR) is 81.3 cm³/mol. The van der Waals surface area contributed by atoms with Crippen molar-refractivity contribution in [1.82, 2.24) is 5.32 Å². The third-order valence-electron chi connectivity index (χ3n) is 2.10. The van der Waals surface area contributed by atoms with Crippen LogP contribution in [0.25, 0.3) is 0 Å². The molecule has 7 nitrogen and oxygen atoms in total. The van der Waals surface area contributed by atoms with Crippen molar-refractivity contribution in [2.75, 3.05) is 23.9 Å². The Morgan fingerprint density at radius 2 is 1.90 bits per heavy atom. The van der Waals surface area contributed by atoms with Gasteiger partial charge in [0.25, 0.3) is 0 Å². The first kappa shape index (κ1) is 19.8. The molecule has 2 N–H and O–H groups in total. The molecule has 0 fully saturated rings. The second-order valence-corrected chi connectivity index (χ2v) is 6.14. The Labute approximate surface area is 131 Å². The third-order valence-corrected chi connectivity index (χ3v) is 3.86. The lowest BCUT2D eigenvalue weighted by Crippen LogP contribution is -2.42. The summed E-state index contributed by atoms with van der Waals surface area (Å²) in [6, 6.07) is -1.03. The van der Waals surface area contributed by atoms with Gasteiger partial charge in [0.05, 0.1) is 18.1 Å². The zero-order valence-electron chi connectivity index (χ0n) is 11.9. The van der Waals surface area contributed by atoms with Crippen molar-refractivity contribution < 1.29 is 29.0 Å². The third kappa shape index (κ3) is 11.1. The van der Waals surface area contributed by atoms with Crippen LogP contribution >= 0.6 is 23.5 Å². The highest BCUT2D eigenvalue weighted by atomic mass is 32.2. The van der Waals surface area contributed by atoms with Gasteiger partial charge in [-0.25, -0.2) is 4.79 Å². The van der Waals surface area contributed by atoms with E-state index < -0.39 is 23.9 Å². The van der Waals surface area contributed by atoms with Crippen molar-refractivity contribution >= 4 is 46.5 Å². The average Bonchev–Trinajstić information content (AvgIpc) is 2.37.